The summed E-state index contributed by atoms with van der Waals surface area (Å²) in [6, 6.07) is 32.8. The lowest BCUT2D eigenvalue weighted by atomic mass is 9.84. The van der Waals surface area contributed by atoms with Crippen LogP contribution in [0.5, 0.6) is 0 Å². The zero-order valence-electron chi connectivity index (χ0n) is 25.7. The first-order chi connectivity index (χ1) is 23.3. The lowest BCUT2D eigenvalue weighted by Gasteiger charge is -2.20. The minimum Gasteiger partial charge on any atom is -0.478 e. The molecule has 7 aromatic carbocycles. The molecule has 4 N–H and O–H groups in total. The van der Waals surface area contributed by atoms with Gasteiger partial charge in [-0.1, -0.05) is 84.9 Å². The second-order valence-corrected chi connectivity index (χ2v) is 11.7. The van der Waals surface area contributed by atoms with E-state index < -0.39 is 11.9 Å². The van der Waals surface area contributed by atoms with Crippen LogP contribution in [0.2, 0.25) is 0 Å². The van der Waals surface area contributed by atoms with Gasteiger partial charge in [0.25, 0.3) is 11.8 Å². The number of hydrogen-bond donors (Lipinski definition) is 4. The quantitative estimate of drug-likeness (QED) is 0.0939. The maximum atomic E-state index is 13.9. The molecule has 8 nitrogen and oxygen atoms in total. The molecule has 0 saturated carbocycles. The number of carbonyl (C=O) groups is 4. The highest BCUT2D eigenvalue weighted by molar-refractivity contribution is 6.38. The van der Waals surface area contributed by atoms with Gasteiger partial charge >= 0.3 is 11.9 Å². The van der Waals surface area contributed by atoms with Crippen molar-refractivity contribution in [3.05, 3.63) is 143 Å². The summed E-state index contributed by atoms with van der Waals surface area (Å²) in [5.41, 5.74) is 2.61. The van der Waals surface area contributed by atoms with E-state index in [-0.39, 0.29) is 28.3 Å². The molecule has 0 aliphatic rings. The van der Waals surface area contributed by atoms with Crippen molar-refractivity contribution in [2.24, 2.45) is 0 Å². The van der Waals surface area contributed by atoms with Gasteiger partial charge in [0, 0.05) is 35.0 Å². The summed E-state index contributed by atoms with van der Waals surface area (Å²) >= 11 is 0. The van der Waals surface area contributed by atoms with Crippen molar-refractivity contribution >= 4 is 66.8 Å². The van der Waals surface area contributed by atoms with Crippen LogP contribution in [-0.4, -0.2) is 47.1 Å². The highest BCUT2D eigenvalue weighted by Gasteiger charge is 2.25. The first-order valence-electron chi connectivity index (χ1n) is 15.6. The van der Waals surface area contributed by atoms with Crippen LogP contribution in [0.3, 0.4) is 0 Å². The molecule has 0 spiro atoms. The summed E-state index contributed by atoms with van der Waals surface area (Å²) in [7, 11) is 0. The standard InChI is InChI=1S/C40H30N2O6/c43-37(41-21-19-23-7-3-1-4-8-23)29-15-11-25-27-13-17-31(39(45)46)36-32(40(47)48)18-14-28(34(27)36)26-12-16-30(35(29)33(25)26)38(44)42-22-20-24-9-5-2-6-10-24/h1-18H,19-22H2,(H,41,43)(H,42,44)(H,45,46)(H,47,48). The summed E-state index contributed by atoms with van der Waals surface area (Å²) < 4.78 is 0. The molecule has 0 heterocycles. The van der Waals surface area contributed by atoms with Crippen molar-refractivity contribution in [1.82, 2.24) is 10.6 Å². The van der Waals surface area contributed by atoms with Gasteiger partial charge in [0.15, 0.2) is 0 Å². The summed E-state index contributed by atoms with van der Waals surface area (Å²) in [6.07, 6.45) is 1.27. The minimum atomic E-state index is -1.23. The Kier molecular flexibility index (Phi) is 7.90. The van der Waals surface area contributed by atoms with Crippen LogP contribution in [0.25, 0.3) is 43.1 Å². The molecular weight excluding hydrogens is 604 g/mol. The highest BCUT2D eigenvalue weighted by Crippen LogP contribution is 2.44. The van der Waals surface area contributed by atoms with Gasteiger partial charge in [-0.25, -0.2) is 9.59 Å². The molecule has 0 saturated heterocycles. The third kappa shape index (κ3) is 5.33. The number of nitrogens with one attached hydrogen (secondary N) is 2. The molecule has 0 bridgehead atoms. The number of fused-ring (bicyclic) bond motifs is 2. The molecule has 2 amide bonds. The third-order valence-electron chi connectivity index (χ3n) is 8.94. The van der Waals surface area contributed by atoms with Crippen molar-refractivity contribution in [2.45, 2.75) is 12.8 Å². The monoisotopic (exact) mass is 634 g/mol. The molecular formula is C40H30N2O6. The number of hydrogen-bond acceptors (Lipinski definition) is 4. The number of rotatable bonds is 10. The average molecular weight is 635 g/mol. The number of aromatic carboxylic acids is 2. The van der Waals surface area contributed by atoms with Crippen LogP contribution in [0.1, 0.15) is 52.6 Å². The maximum absolute atomic E-state index is 13.9. The number of amides is 2. The SMILES string of the molecule is O=C(O)c1ccc2c3ccc(C(=O)NCCc4ccccc4)c4c(C(=O)NCCc5ccccc5)ccc(c5ccc(C(=O)O)c1c25)c43. The smallest absolute Gasteiger partial charge is 0.336 e. The van der Waals surface area contributed by atoms with Crippen LogP contribution in [0.4, 0.5) is 0 Å². The van der Waals surface area contributed by atoms with Gasteiger partial charge in [0.1, 0.15) is 0 Å². The van der Waals surface area contributed by atoms with Gasteiger partial charge < -0.3 is 20.8 Å². The van der Waals surface area contributed by atoms with Crippen molar-refractivity contribution in [3.8, 4) is 0 Å². The van der Waals surface area contributed by atoms with E-state index in [0.29, 0.717) is 74.8 Å². The Morgan fingerprint density at radius 3 is 1.10 bits per heavy atom. The fourth-order valence-corrected chi connectivity index (χ4v) is 6.74. The highest BCUT2D eigenvalue weighted by atomic mass is 16.4. The van der Waals surface area contributed by atoms with Crippen LogP contribution in [0.15, 0.2) is 109 Å². The molecule has 7 aromatic rings. The fraction of sp³-hybridized carbons (Fsp3) is 0.100. The van der Waals surface area contributed by atoms with E-state index in [1.54, 1.807) is 36.4 Å². The molecule has 236 valence electrons. The third-order valence-corrected chi connectivity index (χ3v) is 8.94. The van der Waals surface area contributed by atoms with Crippen LogP contribution >= 0.6 is 0 Å². The van der Waals surface area contributed by atoms with Crippen molar-refractivity contribution < 1.29 is 29.4 Å². The Hall–Kier alpha value is -6.28. The largest absolute Gasteiger partial charge is 0.478 e. The lowest BCUT2D eigenvalue weighted by Crippen LogP contribution is -2.28. The first kappa shape index (κ1) is 30.4. The molecule has 0 aliphatic carbocycles. The van der Waals surface area contributed by atoms with Crippen LogP contribution in [-0.2, 0) is 12.8 Å². The number of carboxylic acid groups (broad SMARTS) is 2. The molecule has 0 fully saturated rings. The Morgan fingerprint density at radius 1 is 0.417 bits per heavy atom. The summed E-state index contributed by atoms with van der Waals surface area (Å²) in [6.45, 7) is 0.783. The zero-order valence-corrected chi connectivity index (χ0v) is 25.7. The maximum Gasteiger partial charge on any atom is 0.336 e. The number of benzene rings is 7. The van der Waals surface area contributed by atoms with Gasteiger partial charge in [0.05, 0.1) is 11.1 Å². The lowest BCUT2D eigenvalue weighted by molar-refractivity contribution is 0.0695. The predicted molar refractivity (Wildman–Crippen MR) is 187 cm³/mol. The first-order valence-corrected chi connectivity index (χ1v) is 15.6. The minimum absolute atomic E-state index is 0.114. The number of carboxylic acids is 2. The van der Waals surface area contributed by atoms with Gasteiger partial charge in [-0.05, 0) is 80.6 Å². The van der Waals surface area contributed by atoms with Crippen molar-refractivity contribution in [1.29, 1.82) is 0 Å². The van der Waals surface area contributed by atoms with Gasteiger partial charge in [-0.2, -0.15) is 0 Å². The van der Waals surface area contributed by atoms with E-state index in [9.17, 15) is 29.4 Å². The molecule has 0 aliphatic heterocycles. The van der Waals surface area contributed by atoms with E-state index in [1.807, 2.05) is 60.7 Å². The molecule has 0 unspecified atom stereocenters. The van der Waals surface area contributed by atoms with Gasteiger partial charge in [0.2, 0.25) is 0 Å². The van der Waals surface area contributed by atoms with E-state index in [1.165, 1.54) is 12.1 Å². The summed E-state index contributed by atoms with van der Waals surface area (Å²) in [5, 5.41) is 30.5. The average Bonchev–Trinajstić information content (AvgIpc) is 3.10. The van der Waals surface area contributed by atoms with E-state index in [2.05, 4.69) is 10.6 Å². The molecule has 8 heteroatoms. The van der Waals surface area contributed by atoms with E-state index >= 15 is 0 Å². The van der Waals surface area contributed by atoms with Crippen LogP contribution < -0.4 is 10.6 Å². The normalized spacial score (nSPS) is 11.3. The molecule has 0 atom stereocenters. The molecule has 0 radical (unpaired) electrons. The molecule has 0 aromatic heterocycles. The Balaban J connectivity index is 1.41. The van der Waals surface area contributed by atoms with Crippen LogP contribution in [0, 0.1) is 0 Å². The van der Waals surface area contributed by atoms with E-state index in [0.717, 1.165) is 11.1 Å². The summed E-state index contributed by atoms with van der Waals surface area (Å²) in [4.78, 5) is 52.2. The Bertz CT molecular complexity index is 2230. The Labute approximate surface area is 275 Å². The topological polar surface area (TPSA) is 133 Å². The Morgan fingerprint density at radius 2 is 0.750 bits per heavy atom. The van der Waals surface area contributed by atoms with Crippen molar-refractivity contribution in [3.63, 3.8) is 0 Å². The number of carbonyl (C=O) groups excluding carboxylic acids is 2. The van der Waals surface area contributed by atoms with Gasteiger partial charge in [-0.15, -0.1) is 0 Å². The van der Waals surface area contributed by atoms with E-state index in [4.69, 9.17) is 0 Å². The molecule has 7 rings (SSSR count). The zero-order chi connectivity index (χ0) is 33.4. The second-order valence-electron chi connectivity index (χ2n) is 11.7. The fourth-order valence-electron chi connectivity index (χ4n) is 6.74. The van der Waals surface area contributed by atoms with Gasteiger partial charge in [-0.3, -0.25) is 9.59 Å². The second kappa shape index (κ2) is 12.5. The van der Waals surface area contributed by atoms with Crippen molar-refractivity contribution in [2.75, 3.05) is 13.1 Å². The summed E-state index contributed by atoms with van der Waals surface area (Å²) in [5.74, 6) is -3.12. The molecule has 48 heavy (non-hydrogen) atoms. The predicted octanol–water partition coefficient (Wildman–Crippen LogP) is 7.08.